The zero-order chi connectivity index (χ0) is 19.1. The van der Waals surface area contributed by atoms with Crippen LogP contribution in [0.1, 0.15) is 54.9 Å². The molecule has 146 valence electrons. The average Bonchev–Trinajstić information content (AvgIpc) is 2.87. The molecular weight excluding hydrogens is 318 g/mol. The first kappa shape index (κ1) is 21.5. The maximum atomic E-state index is 11.9. The van der Waals surface area contributed by atoms with E-state index in [0.29, 0.717) is 0 Å². The van der Waals surface area contributed by atoms with Gasteiger partial charge in [0.15, 0.2) is 5.96 Å². The highest BCUT2D eigenvalue weighted by Gasteiger charge is 2.27. The molecule has 0 aromatic rings. The maximum absolute atomic E-state index is 11.9. The fourth-order valence-corrected chi connectivity index (χ4v) is 2.56. The lowest BCUT2D eigenvalue weighted by Crippen LogP contribution is -2.44. The van der Waals surface area contributed by atoms with Gasteiger partial charge in [-0.05, 0) is 54.9 Å². The minimum Gasteiger partial charge on any atom is -0.444 e. The molecule has 1 heterocycles. The second-order valence-electron chi connectivity index (χ2n) is 8.49. The number of nitrogens with one attached hydrogen (secondary N) is 3. The van der Waals surface area contributed by atoms with Gasteiger partial charge in [0, 0.05) is 31.7 Å². The number of aliphatic imine (C=N–C) groups is 1. The molecule has 0 aromatic carbocycles. The summed E-state index contributed by atoms with van der Waals surface area (Å²) < 4.78 is 5.33. The van der Waals surface area contributed by atoms with Crippen LogP contribution in [0.15, 0.2) is 4.99 Å². The molecule has 0 saturated carbocycles. The van der Waals surface area contributed by atoms with E-state index in [4.69, 9.17) is 9.73 Å². The lowest BCUT2D eigenvalue weighted by atomic mass is 10.1. The second-order valence-corrected chi connectivity index (χ2v) is 8.49. The summed E-state index contributed by atoms with van der Waals surface area (Å²) in [4.78, 5) is 18.8. The van der Waals surface area contributed by atoms with Crippen LogP contribution in [-0.4, -0.2) is 66.9 Å². The average molecular weight is 356 g/mol. The first-order valence-corrected chi connectivity index (χ1v) is 9.28. The summed E-state index contributed by atoms with van der Waals surface area (Å²) in [7, 11) is 0. The van der Waals surface area contributed by atoms with Gasteiger partial charge in [-0.1, -0.05) is 0 Å². The van der Waals surface area contributed by atoms with E-state index in [1.807, 2.05) is 20.8 Å². The molecule has 1 saturated heterocycles. The molecule has 1 aliphatic heterocycles. The zero-order valence-corrected chi connectivity index (χ0v) is 17.0. The quantitative estimate of drug-likeness (QED) is 0.399. The van der Waals surface area contributed by atoms with Crippen molar-refractivity contribution in [1.82, 2.24) is 20.9 Å². The highest BCUT2D eigenvalue weighted by atomic mass is 16.6. The van der Waals surface area contributed by atoms with Crippen LogP contribution in [0.25, 0.3) is 0 Å². The second kappa shape index (κ2) is 9.27. The van der Waals surface area contributed by atoms with Crippen LogP contribution >= 0.6 is 0 Å². The number of carbonyl (C=O) groups is 1. The number of ether oxygens (including phenoxy) is 1. The molecule has 1 atom stereocenters. The summed E-state index contributed by atoms with van der Waals surface area (Å²) in [6, 6.07) is 0.0893. The van der Waals surface area contributed by atoms with Gasteiger partial charge >= 0.3 is 6.09 Å². The predicted molar refractivity (Wildman–Crippen MR) is 103 cm³/mol. The van der Waals surface area contributed by atoms with Gasteiger partial charge in [-0.15, -0.1) is 0 Å². The third-order valence-electron chi connectivity index (χ3n) is 3.57. The number of rotatable bonds is 5. The van der Waals surface area contributed by atoms with Crippen LogP contribution in [0, 0.1) is 0 Å². The molecule has 25 heavy (non-hydrogen) atoms. The highest BCUT2D eigenvalue weighted by Crippen LogP contribution is 2.12. The Hall–Kier alpha value is -1.50. The molecule has 7 heteroatoms. The topological polar surface area (TPSA) is 78.0 Å². The van der Waals surface area contributed by atoms with Crippen LogP contribution in [-0.2, 0) is 4.74 Å². The van der Waals surface area contributed by atoms with E-state index in [0.717, 1.165) is 45.1 Å². The summed E-state index contributed by atoms with van der Waals surface area (Å²) in [5.74, 6) is 0.909. The number of hydrogen-bond acceptors (Lipinski definition) is 4. The third-order valence-corrected chi connectivity index (χ3v) is 3.57. The number of guanidine groups is 1. The molecule has 1 fully saturated rings. The van der Waals surface area contributed by atoms with E-state index in [1.54, 1.807) is 0 Å². The monoisotopic (exact) mass is 355 g/mol. The summed E-state index contributed by atoms with van der Waals surface area (Å²) in [6.07, 6.45) is 0.542. The number of likely N-dealkylation sites (tertiary alicyclic amines) is 1. The largest absolute Gasteiger partial charge is 0.444 e. The molecule has 0 radical (unpaired) electrons. The molecule has 1 rings (SSSR count). The van der Waals surface area contributed by atoms with Gasteiger partial charge in [0.2, 0.25) is 0 Å². The van der Waals surface area contributed by atoms with Gasteiger partial charge in [0.25, 0.3) is 0 Å². The summed E-state index contributed by atoms with van der Waals surface area (Å²) in [5, 5.41) is 9.73. The first-order valence-electron chi connectivity index (χ1n) is 9.28. The summed E-state index contributed by atoms with van der Waals surface area (Å²) in [5.41, 5.74) is -0.372. The Morgan fingerprint density at radius 3 is 2.48 bits per heavy atom. The Kier molecular flexibility index (Phi) is 7.99. The Balaban J connectivity index is 2.49. The van der Waals surface area contributed by atoms with Crippen LogP contribution < -0.4 is 16.0 Å². The molecule has 0 aliphatic carbocycles. The van der Waals surface area contributed by atoms with Crippen molar-refractivity contribution >= 4 is 12.1 Å². The van der Waals surface area contributed by atoms with Gasteiger partial charge < -0.3 is 25.6 Å². The van der Waals surface area contributed by atoms with Gasteiger partial charge in [0.1, 0.15) is 5.60 Å². The van der Waals surface area contributed by atoms with Crippen molar-refractivity contribution in [1.29, 1.82) is 0 Å². The molecule has 1 unspecified atom stereocenters. The Labute approximate surface area is 153 Å². The molecule has 3 N–H and O–H groups in total. The van der Waals surface area contributed by atoms with Crippen molar-refractivity contribution in [3.63, 3.8) is 0 Å². The van der Waals surface area contributed by atoms with Crippen molar-refractivity contribution in [2.24, 2.45) is 4.99 Å². The van der Waals surface area contributed by atoms with Crippen molar-refractivity contribution in [3.8, 4) is 0 Å². The van der Waals surface area contributed by atoms with Crippen molar-refractivity contribution in [2.75, 3.05) is 32.7 Å². The van der Waals surface area contributed by atoms with Gasteiger partial charge in [0.05, 0.1) is 12.6 Å². The molecule has 0 bridgehead atoms. The summed E-state index contributed by atoms with van der Waals surface area (Å²) in [6.45, 7) is 18.1. The number of nitrogens with zero attached hydrogens (tertiary/aromatic N) is 2. The first-order chi connectivity index (χ1) is 11.5. The number of amides is 1. The third kappa shape index (κ3) is 9.53. The van der Waals surface area contributed by atoms with E-state index in [2.05, 4.69) is 48.5 Å². The molecule has 0 spiro atoms. The van der Waals surface area contributed by atoms with Crippen LogP contribution in [0.4, 0.5) is 4.79 Å². The predicted octanol–water partition coefficient (Wildman–Crippen LogP) is 1.94. The van der Waals surface area contributed by atoms with Crippen molar-refractivity contribution in [3.05, 3.63) is 0 Å². The Bertz CT molecular complexity index is 451. The molecular formula is C18H37N5O2. The van der Waals surface area contributed by atoms with E-state index in [9.17, 15) is 4.79 Å². The van der Waals surface area contributed by atoms with E-state index < -0.39 is 5.60 Å². The SMILES string of the molecule is CCNC(=NCCNC(C)(C)C)N1CCC(NC(=O)OC(C)(C)C)C1. The Morgan fingerprint density at radius 1 is 1.24 bits per heavy atom. The minimum atomic E-state index is -0.473. The van der Waals surface area contributed by atoms with E-state index >= 15 is 0 Å². The highest BCUT2D eigenvalue weighted by molar-refractivity contribution is 5.80. The van der Waals surface area contributed by atoms with Crippen molar-refractivity contribution in [2.45, 2.75) is 72.1 Å². The fourth-order valence-electron chi connectivity index (χ4n) is 2.56. The minimum absolute atomic E-state index is 0.0893. The van der Waals surface area contributed by atoms with Crippen molar-refractivity contribution < 1.29 is 9.53 Å². The Morgan fingerprint density at radius 2 is 1.92 bits per heavy atom. The smallest absolute Gasteiger partial charge is 0.407 e. The standard InChI is InChI=1S/C18H37N5O2/c1-8-19-15(20-10-11-21-17(2,3)4)23-12-9-14(13-23)22-16(24)25-18(5,6)7/h14,21H,8-13H2,1-7H3,(H,19,20)(H,22,24). The lowest BCUT2D eigenvalue weighted by Gasteiger charge is -2.24. The fraction of sp³-hybridized carbons (Fsp3) is 0.889. The molecule has 1 aliphatic rings. The maximum Gasteiger partial charge on any atom is 0.407 e. The van der Waals surface area contributed by atoms with Crippen LogP contribution in [0.3, 0.4) is 0 Å². The number of alkyl carbamates (subject to hydrolysis) is 1. The number of carbonyl (C=O) groups excluding carboxylic acids is 1. The van der Waals surface area contributed by atoms with E-state index in [-0.39, 0.29) is 17.7 Å². The van der Waals surface area contributed by atoms with Gasteiger partial charge in [-0.2, -0.15) is 0 Å². The molecule has 1 amide bonds. The van der Waals surface area contributed by atoms with Crippen LogP contribution in [0.2, 0.25) is 0 Å². The molecule has 7 nitrogen and oxygen atoms in total. The number of hydrogen-bond donors (Lipinski definition) is 3. The van der Waals surface area contributed by atoms with Gasteiger partial charge in [-0.3, -0.25) is 4.99 Å². The van der Waals surface area contributed by atoms with Gasteiger partial charge in [-0.25, -0.2) is 4.79 Å². The summed E-state index contributed by atoms with van der Waals surface area (Å²) >= 11 is 0. The normalized spacial score (nSPS) is 19.1. The van der Waals surface area contributed by atoms with Crippen LogP contribution in [0.5, 0.6) is 0 Å². The molecule has 0 aromatic heterocycles. The lowest BCUT2D eigenvalue weighted by molar-refractivity contribution is 0.0507. The zero-order valence-electron chi connectivity index (χ0n) is 17.0. The van der Waals surface area contributed by atoms with E-state index in [1.165, 1.54) is 0 Å².